The van der Waals surface area contributed by atoms with Crippen LogP contribution in [0.2, 0.25) is 0 Å². The number of hydrogen-bond donors (Lipinski definition) is 4. The van der Waals surface area contributed by atoms with E-state index in [2.05, 4.69) is 0 Å². The van der Waals surface area contributed by atoms with E-state index in [1.54, 1.807) is 48.5 Å². The quantitative estimate of drug-likeness (QED) is 0.192. The number of ether oxygens (including phenoxy) is 4. The summed E-state index contributed by atoms with van der Waals surface area (Å²) in [5.74, 6) is 1.23. The van der Waals surface area contributed by atoms with E-state index < -0.39 is 11.6 Å². The van der Waals surface area contributed by atoms with Gasteiger partial charge in [0, 0.05) is 23.5 Å². The van der Waals surface area contributed by atoms with Gasteiger partial charge in [0.1, 0.15) is 23.0 Å². The Hall–Kier alpha value is -5.38. The molecular formula is C30H28N4O6. The molecule has 0 fully saturated rings. The number of rotatable bonds is 8. The van der Waals surface area contributed by atoms with Crippen LogP contribution in [0.4, 0.5) is 22.7 Å². The van der Waals surface area contributed by atoms with Crippen LogP contribution in [0.25, 0.3) is 0 Å². The fourth-order valence-electron chi connectivity index (χ4n) is 4.56. The minimum atomic E-state index is -0.618. The highest BCUT2D eigenvalue weighted by Crippen LogP contribution is 2.46. The fourth-order valence-corrected chi connectivity index (χ4v) is 4.56. The first-order valence-corrected chi connectivity index (χ1v) is 12.6. The third-order valence-electron chi connectivity index (χ3n) is 6.35. The summed E-state index contributed by atoms with van der Waals surface area (Å²) in [5.41, 5.74) is 24.9. The van der Waals surface area contributed by atoms with E-state index >= 15 is 0 Å². The second kappa shape index (κ2) is 10.4. The van der Waals surface area contributed by atoms with Crippen molar-refractivity contribution in [2.45, 2.75) is 13.8 Å². The van der Waals surface area contributed by atoms with Crippen LogP contribution in [0.15, 0.2) is 60.7 Å². The average molecular weight is 541 g/mol. The third kappa shape index (κ3) is 4.55. The molecule has 0 aromatic heterocycles. The standard InChI is InChI=1S/C30H28N4O6/c1-3-37-15-5-9-17(10-6-15)39-21-13-19(31)23-25(27(21)33)30(36)26-24(29(23)35)20(32)14-22(28(26)34)40-18-11-7-16(8-12-18)38-4-2/h5-14H,3-4,31-34H2,1-2H3. The van der Waals surface area contributed by atoms with E-state index in [1.165, 1.54) is 12.1 Å². The number of benzene rings is 4. The summed E-state index contributed by atoms with van der Waals surface area (Å²) in [6.45, 7) is 4.81. The first-order chi connectivity index (χ1) is 19.2. The summed E-state index contributed by atoms with van der Waals surface area (Å²) in [5, 5.41) is 0. The van der Waals surface area contributed by atoms with Gasteiger partial charge in [-0.25, -0.2) is 0 Å². The van der Waals surface area contributed by atoms with Gasteiger partial charge in [-0.2, -0.15) is 0 Å². The summed E-state index contributed by atoms with van der Waals surface area (Å²) in [6.07, 6.45) is 0. The molecule has 0 amide bonds. The lowest BCUT2D eigenvalue weighted by atomic mass is 9.80. The van der Waals surface area contributed by atoms with Gasteiger partial charge in [0.2, 0.25) is 0 Å². The minimum Gasteiger partial charge on any atom is -0.494 e. The Kier molecular flexibility index (Phi) is 6.83. The maximum Gasteiger partial charge on any atom is 0.199 e. The number of anilines is 4. The summed E-state index contributed by atoms with van der Waals surface area (Å²) in [6, 6.07) is 16.5. The van der Waals surface area contributed by atoms with Gasteiger partial charge < -0.3 is 41.9 Å². The molecule has 0 aliphatic heterocycles. The molecular weight excluding hydrogens is 512 g/mol. The number of carbonyl (C=O) groups is 2. The first-order valence-electron chi connectivity index (χ1n) is 12.6. The smallest absolute Gasteiger partial charge is 0.199 e. The van der Waals surface area contributed by atoms with Gasteiger partial charge in [-0.15, -0.1) is 0 Å². The Morgan fingerprint density at radius 3 is 1.20 bits per heavy atom. The Morgan fingerprint density at radius 2 is 0.850 bits per heavy atom. The van der Waals surface area contributed by atoms with Crippen molar-refractivity contribution < 1.29 is 28.5 Å². The van der Waals surface area contributed by atoms with Crippen LogP contribution in [0.5, 0.6) is 34.5 Å². The SMILES string of the molecule is CCOc1ccc(Oc2cc(N)c3c(c2N)C(=O)c2c(N)c(Oc4ccc(OCC)cc4)cc(N)c2C3=O)cc1. The Labute approximate surface area is 230 Å². The van der Waals surface area contributed by atoms with E-state index in [0.29, 0.717) is 36.2 Å². The third-order valence-corrected chi connectivity index (χ3v) is 6.35. The lowest BCUT2D eigenvalue weighted by Gasteiger charge is -2.25. The van der Waals surface area contributed by atoms with Crippen molar-refractivity contribution in [1.82, 2.24) is 0 Å². The van der Waals surface area contributed by atoms with Crippen LogP contribution in [0.1, 0.15) is 45.7 Å². The minimum absolute atomic E-state index is 0.0156. The molecule has 1 aliphatic carbocycles. The molecule has 1 aliphatic rings. The summed E-state index contributed by atoms with van der Waals surface area (Å²) >= 11 is 0. The van der Waals surface area contributed by atoms with Crippen molar-refractivity contribution in [2.75, 3.05) is 36.1 Å². The van der Waals surface area contributed by atoms with Crippen molar-refractivity contribution in [3.05, 3.63) is 82.9 Å². The van der Waals surface area contributed by atoms with Crippen molar-refractivity contribution in [2.24, 2.45) is 0 Å². The molecule has 0 unspecified atom stereocenters. The molecule has 5 rings (SSSR count). The Balaban J connectivity index is 1.54. The van der Waals surface area contributed by atoms with Gasteiger partial charge >= 0.3 is 0 Å². The van der Waals surface area contributed by atoms with Crippen LogP contribution >= 0.6 is 0 Å². The fraction of sp³-hybridized carbons (Fsp3) is 0.133. The van der Waals surface area contributed by atoms with E-state index in [0.717, 1.165) is 0 Å². The van der Waals surface area contributed by atoms with Crippen molar-refractivity contribution in [3.63, 3.8) is 0 Å². The summed E-state index contributed by atoms with van der Waals surface area (Å²) < 4.78 is 22.8. The molecule has 8 N–H and O–H groups in total. The maximum atomic E-state index is 13.9. The number of carbonyl (C=O) groups excluding carboxylic acids is 2. The van der Waals surface area contributed by atoms with E-state index in [1.807, 2.05) is 13.8 Å². The predicted octanol–water partition coefficient (Wildman–Crippen LogP) is 5.17. The number of ketones is 2. The molecule has 4 aromatic rings. The van der Waals surface area contributed by atoms with Crippen molar-refractivity contribution >= 4 is 34.3 Å². The molecule has 0 saturated carbocycles. The highest BCUT2D eigenvalue weighted by molar-refractivity contribution is 6.35. The zero-order valence-electron chi connectivity index (χ0n) is 21.9. The number of hydrogen-bond acceptors (Lipinski definition) is 10. The summed E-state index contributed by atoms with van der Waals surface area (Å²) in [4.78, 5) is 27.5. The normalized spacial score (nSPS) is 11.9. The molecule has 0 bridgehead atoms. The molecule has 0 atom stereocenters. The van der Waals surface area contributed by atoms with Crippen LogP contribution in [-0.4, -0.2) is 24.8 Å². The lowest BCUT2D eigenvalue weighted by molar-refractivity contribution is 0.0981. The van der Waals surface area contributed by atoms with Crippen molar-refractivity contribution in [3.8, 4) is 34.5 Å². The zero-order valence-corrected chi connectivity index (χ0v) is 21.9. The Bertz CT molecular complexity index is 1510. The molecule has 0 radical (unpaired) electrons. The maximum absolute atomic E-state index is 13.9. The summed E-state index contributed by atoms with van der Waals surface area (Å²) in [7, 11) is 0. The molecule has 10 heteroatoms. The van der Waals surface area contributed by atoms with Gasteiger partial charge in [0.05, 0.1) is 46.8 Å². The van der Waals surface area contributed by atoms with Gasteiger partial charge in [0.25, 0.3) is 0 Å². The first kappa shape index (κ1) is 26.2. The van der Waals surface area contributed by atoms with Crippen LogP contribution in [0, 0.1) is 0 Å². The lowest BCUT2D eigenvalue weighted by Crippen LogP contribution is -2.26. The van der Waals surface area contributed by atoms with Crippen LogP contribution in [-0.2, 0) is 0 Å². The van der Waals surface area contributed by atoms with E-state index in [-0.39, 0.29) is 56.5 Å². The predicted molar refractivity (Wildman–Crippen MR) is 153 cm³/mol. The second-order valence-electron chi connectivity index (χ2n) is 8.93. The van der Waals surface area contributed by atoms with Crippen LogP contribution in [0.3, 0.4) is 0 Å². The van der Waals surface area contributed by atoms with E-state index in [4.69, 9.17) is 41.9 Å². The monoisotopic (exact) mass is 540 g/mol. The van der Waals surface area contributed by atoms with Gasteiger partial charge in [-0.3, -0.25) is 9.59 Å². The zero-order chi connectivity index (χ0) is 28.6. The Morgan fingerprint density at radius 1 is 0.525 bits per heavy atom. The van der Waals surface area contributed by atoms with Gasteiger partial charge in [0.15, 0.2) is 23.1 Å². The molecule has 4 aromatic carbocycles. The van der Waals surface area contributed by atoms with Crippen molar-refractivity contribution in [1.29, 1.82) is 0 Å². The molecule has 204 valence electrons. The molecule has 0 spiro atoms. The molecule has 0 heterocycles. The van der Waals surface area contributed by atoms with Crippen LogP contribution < -0.4 is 41.9 Å². The molecule has 10 nitrogen and oxygen atoms in total. The second-order valence-corrected chi connectivity index (χ2v) is 8.93. The van der Waals surface area contributed by atoms with Gasteiger partial charge in [-0.05, 0) is 62.4 Å². The average Bonchev–Trinajstić information content (AvgIpc) is 2.93. The highest BCUT2D eigenvalue weighted by atomic mass is 16.5. The molecule has 40 heavy (non-hydrogen) atoms. The topological polar surface area (TPSA) is 175 Å². The highest BCUT2D eigenvalue weighted by Gasteiger charge is 2.38. The number of nitrogen functional groups attached to an aromatic ring is 4. The molecule has 0 saturated heterocycles. The number of fused-ring (bicyclic) bond motifs is 2. The van der Waals surface area contributed by atoms with E-state index in [9.17, 15) is 9.59 Å². The number of nitrogens with two attached hydrogens (primary N) is 4. The largest absolute Gasteiger partial charge is 0.494 e. The van der Waals surface area contributed by atoms with Gasteiger partial charge in [-0.1, -0.05) is 0 Å².